The predicted molar refractivity (Wildman–Crippen MR) is 89.8 cm³/mol. The van der Waals surface area contributed by atoms with Crippen molar-refractivity contribution in [3.8, 4) is 0 Å². The number of fused-ring (bicyclic) bond motifs is 1. The van der Waals surface area contributed by atoms with Gasteiger partial charge in [-0.15, -0.1) is 0 Å². The second kappa shape index (κ2) is 6.37. The van der Waals surface area contributed by atoms with Gasteiger partial charge in [0.1, 0.15) is 0 Å². The summed E-state index contributed by atoms with van der Waals surface area (Å²) in [5.74, 6) is 0.879. The minimum Gasteiger partial charge on any atom is -0.374 e. The molecule has 1 saturated carbocycles. The van der Waals surface area contributed by atoms with E-state index in [0.717, 1.165) is 12.5 Å². The Morgan fingerprint density at radius 2 is 2.10 bits per heavy atom. The van der Waals surface area contributed by atoms with E-state index in [1.807, 2.05) is 0 Å². The van der Waals surface area contributed by atoms with Crippen molar-refractivity contribution in [1.82, 2.24) is 4.90 Å². The number of rotatable bonds is 5. The van der Waals surface area contributed by atoms with Gasteiger partial charge >= 0.3 is 0 Å². The minimum absolute atomic E-state index is 0.363. The monoisotopic (exact) mass is 287 g/mol. The molecule has 3 nitrogen and oxygen atoms in total. The molecular formula is C18H29N3. The molecule has 116 valence electrons. The van der Waals surface area contributed by atoms with E-state index in [1.54, 1.807) is 0 Å². The number of nitrogens with zero attached hydrogens (tertiary/aromatic N) is 2. The molecule has 0 saturated heterocycles. The van der Waals surface area contributed by atoms with Crippen molar-refractivity contribution in [2.45, 2.75) is 38.1 Å². The van der Waals surface area contributed by atoms with Crippen LogP contribution in [0.15, 0.2) is 18.2 Å². The van der Waals surface area contributed by atoms with E-state index in [0.29, 0.717) is 12.6 Å². The topological polar surface area (TPSA) is 32.5 Å². The van der Waals surface area contributed by atoms with Crippen LogP contribution in [0, 0.1) is 5.92 Å². The number of nitrogens with two attached hydrogens (primary N) is 1. The Labute approximate surface area is 129 Å². The van der Waals surface area contributed by atoms with Gasteiger partial charge in [-0.2, -0.15) is 0 Å². The van der Waals surface area contributed by atoms with E-state index >= 15 is 0 Å². The summed E-state index contributed by atoms with van der Waals surface area (Å²) in [6.07, 6.45) is 6.80. The van der Waals surface area contributed by atoms with E-state index in [9.17, 15) is 0 Å². The summed E-state index contributed by atoms with van der Waals surface area (Å²) in [6.45, 7) is 3.04. The van der Waals surface area contributed by atoms with Gasteiger partial charge in [0.25, 0.3) is 0 Å². The average Bonchev–Trinajstić information content (AvgIpc) is 3.10. The molecule has 1 aliphatic carbocycles. The summed E-state index contributed by atoms with van der Waals surface area (Å²) in [4.78, 5) is 4.83. The van der Waals surface area contributed by atoms with Gasteiger partial charge in [-0.05, 0) is 49.4 Å². The van der Waals surface area contributed by atoms with E-state index in [-0.39, 0.29) is 0 Å². The number of anilines is 1. The second-order valence-electron chi connectivity index (χ2n) is 6.90. The highest BCUT2D eigenvalue weighted by Gasteiger charge is 2.23. The second-order valence-corrected chi connectivity index (χ2v) is 6.90. The maximum atomic E-state index is 6.10. The van der Waals surface area contributed by atoms with Crippen molar-refractivity contribution in [2.24, 2.45) is 11.7 Å². The van der Waals surface area contributed by atoms with Crippen LogP contribution < -0.4 is 10.6 Å². The number of hydrogen-bond acceptors (Lipinski definition) is 3. The van der Waals surface area contributed by atoms with Crippen molar-refractivity contribution in [3.05, 3.63) is 29.3 Å². The maximum Gasteiger partial charge on any atom is 0.0467 e. The van der Waals surface area contributed by atoms with E-state index in [1.165, 1.54) is 55.5 Å². The SMILES string of the molecule is CN1CCc2cc(C(CN)N(C)CC3CCCC3)ccc21. The van der Waals surface area contributed by atoms with Crippen LogP contribution >= 0.6 is 0 Å². The predicted octanol–water partition coefficient (Wildman–Crippen LogP) is 2.80. The quantitative estimate of drug-likeness (QED) is 0.904. The zero-order valence-electron chi connectivity index (χ0n) is 13.5. The molecule has 2 aliphatic rings. The lowest BCUT2D eigenvalue weighted by molar-refractivity contribution is 0.212. The molecule has 2 N–H and O–H groups in total. The van der Waals surface area contributed by atoms with Crippen LogP contribution in [0.4, 0.5) is 5.69 Å². The number of likely N-dealkylation sites (N-methyl/N-ethyl adjacent to an activating group) is 2. The fraction of sp³-hybridized carbons (Fsp3) is 0.667. The summed E-state index contributed by atoms with van der Waals surface area (Å²) in [7, 11) is 4.42. The van der Waals surface area contributed by atoms with Crippen LogP contribution in [0.5, 0.6) is 0 Å². The van der Waals surface area contributed by atoms with Crippen LogP contribution in [-0.4, -0.2) is 38.6 Å². The summed E-state index contributed by atoms with van der Waals surface area (Å²) in [5, 5.41) is 0. The molecule has 3 rings (SSSR count). The zero-order chi connectivity index (χ0) is 14.8. The molecule has 1 aromatic carbocycles. The molecule has 0 aromatic heterocycles. The van der Waals surface area contributed by atoms with Gasteiger partial charge in [0, 0.05) is 38.4 Å². The normalized spacial score (nSPS) is 20.3. The van der Waals surface area contributed by atoms with Crippen molar-refractivity contribution in [3.63, 3.8) is 0 Å². The Hall–Kier alpha value is -1.06. The minimum atomic E-state index is 0.363. The van der Waals surface area contributed by atoms with Crippen LogP contribution in [0.2, 0.25) is 0 Å². The van der Waals surface area contributed by atoms with E-state index in [2.05, 4.69) is 42.1 Å². The lowest BCUT2D eigenvalue weighted by atomic mass is 9.99. The van der Waals surface area contributed by atoms with Gasteiger partial charge in [0.05, 0.1) is 0 Å². The highest BCUT2D eigenvalue weighted by Crippen LogP contribution is 2.32. The molecule has 1 fully saturated rings. The first-order chi connectivity index (χ1) is 10.2. The third kappa shape index (κ3) is 3.09. The molecular weight excluding hydrogens is 258 g/mol. The van der Waals surface area contributed by atoms with Crippen LogP contribution in [0.3, 0.4) is 0 Å². The van der Waals surface area contributed by atoms with Gasteiger partial charge < -0.3 is 10.6 Å². The molecule has 0 spiro atoms. The molecule has 21 heavy (non-hydrogen) atoms. The van der Waals surface area contributed by atoms with Gasteiger partial charge in [-0.3, -0.25) is 4.90 Å². The molecule has 1 heterocycles. The lowest BCUT2D eigenvalue weighted by Gasteiger charge is -2.30. The smallest absolute Gasteiger partial charge is 0.0467 e. The van der Waals surface area contributed by atoms with Gasteiger partial charge in [-0.25, -0.2) is 0 Å². The lowest BCUT2D eigenvalue weighted by Crippen LogP contribution is -2.33. The van der Waals surface area contributed by atoms with Crippen LogP contribution in [0.25, 0.3) is 0 Å². The molecule has 1 unspecified atom stereocenters. The van der Waals surface area contributed by atoms with E-state index in [4.69, 9.17) is 5.73 Å². The molecule has 1 aliphatic heterocycles. The van der Waals surface area contributed by atoms with Crippen LogP contribution in [0.1, 0.15) is 42.9 Å². The molecule has 0 radical (unpaired) electrons. The molecule has 1 atom stereocenters. The first-order valence-corrected chi connectivity index (χ1v) is 8.43. The number of hydrogen-bond donors (Lipinski definition) is 1. The molecule has 0 bridgehead atoms. The van der Waals surface area contributed by atoms with Gasteiger partial charge in [-0.1, -0.05) is 25.0 Å². The van der Waals surface area contributed by atoms with Crippen molar-refractivity contribution >= 4 is 5.69 Å². The Morgan fingerprint density at radius 1 is 1.33 bits per heavy atom. The molecule has 0 amide bonds. The fourth-order valence-corrected chi connectivity index (χ4v) is 4.09. The number of benzene rings is 1. The molecule has 1 aromatic rings. The summed E-state index contributed by atoms with van der Waals surface area (Å²) in [6, 6.07) is 7.32. The Morgan fingerprint density at radius 3 is 2.81 bits per heavy atom. The third-order valence-corrected chi connectivity index (χ3v) is 5.39. The van der Waals surface area contributed by atoms with E-state index < -0.39 is 0 Å². The summed E-state index contributed by atoms with van der Waals surface area (Å²) in [5.41, 5.74) is 10.4. The third-order valence-electron chi connectivity index (χ3n) is 5.39. The first-order valence-electron chi connectivity index (χ1n) is 8.43. The summed E-state index contributed by atoms with van der Waals surface area (Å²) < 4.78 is 0. The first kappa shape index (κ1) is 14.9. The largest absolute Gasteiger partial charge is 0.374 e. The molecule has 3 heteroatoms. The van der Waals surface area contributed by atoms with Crippen molar-refractivity contribution < 1.29 is 0 Å². The Bertz CT molecular complexity index is 479. The van der Waals surface area contributed by atoms with Crippen LogP contribution in [-0.2, 0) is 6.42 Å². The van der Waals surface area contributed by atoms with Gasteiger partial charge in [0.2, 0.25) is 0 Å². The Kier molecular flexibility index (Phi) is 4.51. The Balaban J connectivity index is 1.73. The highest BCUT2D eigenvalue weighted by molar-refractivity contribution is 5.58. The van der Waals surface area contributed by atoms with Crippen molar-refractivity contribution in [2.75, 3.05) is 38.6 Å². The fourth-order valence-electron chi connectivity index (χ4n) is 4.09. The zero-order valence-corrected chi connectivity index (χ0v) is 13.5. The standard InChI is InChI=1S/C18H29N3/c1-20-10-9-16-11-15(7-8-17(16)20)18(12-19)21(2)13-14-5-3-4-6-14/h7-8,11,14,18H,3-6,9-10,12-13,19H2,1-2H3. The summed E-state index contributed by atoms with van der Waals surface area (Å²) >= 11 is 0. The maximum absolute atomic E-state index is 6.10. The highest BCUT2D eigenvalue weighted by atomic mass is 15.1. The average molecular weight is 287 g/mol. The van der Waals surface area contributed by atoms with Gasteiger partial charge in [0.15, 0.2) is 0 Å². The van der Waals surface area contributed by atoms with Crippen molar-refractivity contribution in [1.29, 1.82) is 0 Å².